The summed E-state index contributed by atoms with van der Waals surface area (Å²) < 4.78 is 10.4. The van der Waals surface area contributed by atoms with E-state index in [0.29, 0.717) is 6.61 Å². The van der Waals surface area contributed by atoms with Crippen LogP contribution in [0.4, 0.5) is 0 Å². The molecule has 0 aliphatic heterocycles. The Kier molecular flexibility index (Phi) is 7.74. The molecule has 0 unspecified atom stereocenters. The van der Waals surface area contributed by atoms with E-state index in [4.69, 9.17) is 14.6 Å². The molecule has 0 radical (unpaired) electrons. The molecule has 0 atom stereocenters. The summed E-state index contributed by atoms with van der Waals surface area (Å²) in [5, 5.41) is 8.84. The monoisotopic (exact) mass is 277 g/mol. The van der Waals surface area contributed by atoms with E-state index >= 15 is 0 Å². The van der Waals surface area contributed by atoms with Crippen molar-refractivity contribution in [3.63, 3.8) is 0 Å². The Labute approximate surface area is 121 Å². The van der Waals surface area contributed by atoms with E-state index in [-0.39, 0.29) is 6.61 Å². The molecule has 0 saturated heterocycles. The Morgan fingerprint density at radius 2 is 2.10 bits per heavy atom. The molecule has 0 fully saturated rings. The van der Waals surface area contributed by atoms with Gasteiger partial charge in [-0.1, -0.05) is 18.8 Å². The number of hydrogen-bond donors (Lipinski definition) is 1. The van der Waals surface area contributed by atoms with Crippen LogP contribution in [-0.4, -0.2) is 50.5 Å². The summed E-state index contributed by atoms with van der Waals surface area (Å²) in [4.78, 5) is 2.28. The van der Waals surface area contributed by atoms with Crippen molar-refractivity contribution in [1.29, 1.82) is 0 Å². The molecule has 110 valence electrons. The van der Waals surface area contributed by atoms with Gasteiger partial charge in [0.1, 0.15) is 12.4 Å². The SMILES string of the molecule is CCN(CCOC)Cc1cc(OC)ccc1C#CCO. The zero-order chi connectivity index (χ0) is 14.8. The van der Waals surface area contributed by atoms with E-state index in [0.717, 1.165) is 36.5 Å². The molecular formula is C16H23NO3. The van der Waals surface area contributed by atoms with Crippen molar-refractivity contribution in [3.8, 4) is 17.6 Å². The lowest BCUT2D eigenvalue weighted by atomic mass is 10.1. The van der Waals surface area contributed by atoms with Crippen molar-refractivity contribution in [2.45, 2.75) is 13.5 Å². The maximum absolute atomic E-state index is 8.84. The smallest absolute Gasteiger partial charge is 0.119 e. The summed E-state index contributed by atoms with van der Waals surface area (Å²) in [5.74, 6) is 6.50. The fourth-order valence-electron chi connectivity index (χ4n) is 1.89. The Hall–Kier alpha value is -1.54. The minimum Gasteiger partial charge on any atom is -0.497 e. The molecule has 0 aliphatic carbocycles. The van der Waals surface area contributed by atoms with Crippen LogP contribution in [0.2, 0.25) is 0 Å². The highest BCUT2D eigenvalue weighted by molar-refractivity contribution is 5.45. The summed E-state index contributed by atoms with van der Waals surface area (Å²) in [7, 11) is 3.36. The topological polar surface area (TPSA) is 41.9 Å². The Morgan fingerprint density at radius 3 is 2.70 bits per heavy atom. The highest BCUT2D eigenvalue weighted by Gasteiger charge is 2.08. The van der Waals surface area contributed by atoms with Crippen molar-refractivity contribution < 1.29 is 14.6 Å². The molecule has 1 rings (SSSR count). The van der Waals surface area contributed by atoms with E-state index in [2.05, 4.69) is 23.7 Å². The van der Waals surface area contributed by atoms with Gasteiger partial charge in [0.15, 0.2) is 0 Å². The first-order valence-electron chi connectivity index (χ1n) is 6.73. The number of benzene rings is 1. The summed E-state index contributed by atoms with van der Waals surface area (Å²) in [5.41, 5.74) is 2.03. The van der Waals surface area contributed by atoms with Crippen LogP contribution in [0.1, 0.15) is 18.1 Å². The fraction of sp³-hybridized carbons (Fsp3) is 0.500. The molecule has 1 aromatic carbocycles. The molecule has 1 aromatic rings. The van der Waals surface area contributed by atoms with E-state index in [9.17, 15) is 0 Å². The maximum atomic E-state index is 8.84. The molecule has 1 N–H and O–H groups in total. The van der Waals surface area contributed by atoms with Crippen LogP contribution in [0.3, 0.4) is 0 Å². The first-order chi connectivity index (χ1) is 9.74. The van der Waals surface area contributed by atoms with Crippen LogP contribution in [0, 0.1) is 11.8 Å². The summed E-state index contributed by atoms with van der Waals surface area (Å²) in [6, 6.07) is 5.81. The summed E-state index contributed by atoms with van der Waals surface area (Å²) >= 11 is 0. The number of methoxy groups -OCH3 is 2. The van der Waals surface area contributed by atoms with E-state index < -0.39 is 0 Å². The van der Waals surface area contributed by atoms with Gasteiger partial charge in [-0.2, -0.15) is 0 Å². The number of rotatable bonds is 7. The molecule has 0 heterocycles. The minimum absolute atomic E-state index is 0.132. The molecule has 0 saturated carbocycles. The molecule has 0 aliphatic rings. The summed E-state index contributed by atoms with van der Waals surface area (Å²) in [6.45, 7) is 5.29. The van der Waals surface area contributed by atoms with E-state index in [1.807, 2.05) is 18.2 Å². The number of ether oxygens (including phenoxy) is 2. The van der Waals surface area contributed by atoms with Gasteiger partial charge in [0.2, 0.25) is 0 Å². The van der Waals surface area contributed by atoms with Crippen LogP contribution < -0.4 is 4.74 Å². The zero-order valence-electron chi connectivity index (χ0n) is 12.5. The normalized spacial score (nSPS) is 10.2. The first kappa shape index (κ1) is 16.5. The lowest BCUT2D eigenvalue weighted by Crippen LogP contribution is -2.27. The molecule has 0 bridgehead atoms. The van der Waals surface area contributed by atoms with Gasteiger partial charge in [0.25, 0.3) is 0 Å². The molecule has 4 nitrogen and oxygen atoms in total. The molecular weight excluding hydrogens is 254 g/mol. The Morgan fingerprint density at radius 1 is 1.30 bits per heavy atom. The second kappa shape index (κ2) is 9.38. The molecule has 20 heavy (non-hydrogen) atoms. The highest BCUT2D eigenvalue weighted by atomic mass is 16.5. The maximum Gasteiger partial charge on any atom is 0.119 e. The van der Waals surface area contributed by atoms with E-state index in [1.54, 1.807) is 14.2 Å². The van der Waals surface area contributed by atoms with Gasteiger partial charge in [-0.3, -0.25) is 4.90 Å². The van der Waals surface area contributed by atoms with Crippen LogP contribution in [0.5, 0.6) is 5.75 Å². The minimum atomic E-state index is -0.132. The van der Waals surface area contributed by atoms with Crippen molar-refractivity contribution in [2.24, 2.45) is 0 Å². The lowest BCUT2D eigenvalue weighted by molar-refractivity contribution is 0.147. The fourth-order valence-corrected chi connectivity index (χ4v) is 1.89. The van der Waals surface area contributed by atoms with Crippen LogP contribution in [-0.2, 0) is 11.3 Å². The lowest BCUT2D eigenvalue weighted by Gasteiger charge is -2.21. The predicted molar refractivity (Wildman–Crippen MR) is 79.8 cm³/mol. The van der Waals surface area contributed by atoms with Crippen LogP contribution in [0.15, 0.2) is 18.2 Å². The Bertz CT molecular complexity index is 463. The quantitative estimate of drug-likeness (QED) is 0.767. The van der Waals surface area contributed by atoms with Gasteiger partial charge in [-0.15, -0.1) is 0 Å². The van der Waals surface area contributed by atoms with Gasteiger partial charge >= 0.3 is 0 Å². The second-order valence-corrected chi connectivity index (χ2v) is 4.34. The van der Waals surface area contributed by atoms with Crippen molar-refractivity contribution >= 4 is 0 Å². The predicted octanol–water partition coefficient (Wildman–Crippen LogP) is 1.51. The van der Waals surface area contributed by atoms with Crippen LogP contribution in [0.25, 0.3) is 0 Å². The van der Waals surface area contributed by atoms with Crippen LogP contribution >= 0.6 is 0 Å². The summed E-state index contributed by atoms with van der Waals surface area (Å²) in [6.07, 6.45) is 0. The third-order valence-electron chi connectivity index (χ3n) is 3.07. The average Bonchev–Trinajstić information content (AvgIpc) is 2.49. The second-order valence-electron chi connectivity index (χ2n) is 4.34. The first-order valence-corrected chi connectivity index (χ1v) is 6.73. The molecule has 0 amide bonds. The van der Waals surface area contributed by atoms with Gasteiger partial charge in [-0.25, -0.2) is 0 Å². The van der Waals surface area contributed by atoms with Crippen molar-refractivity contribution in [3.05, 3.63) is 29.3 Å². The third kappa shape index (κ3) is 5.22. The van der Waals surface area contributed by atoms with E-state index in [1.165, 1.54) is 0 Å². The number of aliphatic hydroxyl groups is 1. The standard InChI is InChI=1S/C16H23NO3/c1-4-17(9-11-19-2)13-15-12-16(20-3)8-7-14(15)6-5-10-18/h7-8,12,18H,4,9-11,13H2,1-3H3. The van der Waals surface area contributed by atoms with Crippen molar-refractivity contribution in [2.75, 3.05) is 40.5 Å². The average molecular weight is 277 g/mol. The number of hydrogen-bond acceptors (Lipinski definition) is 4. The number of likely N-dealkylation sites (N-methyl/N-ethyl adjacent to an activating group) is 1. The molecule has 0 spiro atoms. The number of aliphatic hydroxyl groups excluding tert-OH is 1. The zero-order valence-corrected chi connectivity index (χ0v) is 12.5. The molecule has 4 heteroatoms. The van der Waals surface area contributed by atoms with Gasteiger partial charge in [-0.05, 0) is 30.3 Å². The number of nitrogens with zero attached hydrogens (tertiary/aromatic N) is 1. The third-order valence-corrected chi connectivity index (χ3v) is 3.07. The van der Waals surface area contributed by atoms with Gasteiger partial charge < -0.3 is 14.6 Å². The largest absolute Gasteiger partial charge is 0.497 e. The molecule has 0 aromatic heterocycles. The Balaban J connectivity index is 2.93. The van der Waals surface area contributed by atoms with Gasteiger partial charge in [0, 0.05) is 25.8 Å². The highest BCUT2D eigenvalue weighted by Crippen LogP contribution is 2.19. The van der Waals surface area contributed by atoms with Crippen molar-refractivity contribution in [1.82, 2.24) is 4.90 Å². The van der Waals surface area contributed by atoms with Gasteiger partial charge in [0.05, 0.1) is 13.7 Å².